The topological polar surface area (TPSA) is 14.2 Å². The van der Waals surface area contributed by atoms with Gasteiger partial charge in [0.1, 0.15) is 18.2 Å². The molecule has 0 aliphatic heterocycles. The molecule has 0 saturated heterocycles. The molecule has 0 N–H and O–H groups in total. The van der Waals surface area contributed by atoms with Crippen LogP contribution >= 0.6 is 0 Å². The number of nitrogens with zero attached hydrogens (tertiary/aromatic N) is 1. The molecular formula is C18H18FNO. The van der Waals surface area contributed by atoms with Crippen molar-refractivity contribution in [1.29, 1.82) is 0 Å². The van der Waals surface area contributed by atoms with Crippen molar-refractivity contribution in [3.8, 4) is 5.75 Å². The van der Waals surface area contributed by atoms with Crippen LogP contribution < -0.4 is 4.74 Å². The maximum Gasteiger partial charge on any atom is 0.128 e. The predicted molar refractivity (Wildman–Crippen MR) is 83.1 cm³/mol. The van der Waals surface area contributed by atoms with E-state index in [4.69, 9.17) is 4.74 Å². The molecule has 1 heterocycles. The zero-order valence-corrected chi connectivity index (χ0v) is 12.3. The van der Waals surface area contributed by atoms with Gasteiger partial charge in [-0.1, -0.05) is 11.6 Å². The summed E-state index contributed by atoms with van der Waals surface area (Å²) >= 11 is 0. The molecule has 0 fully saturated rings. The van der Waals surface area contributed by atoms with Gasteiger partial charge in [-0.2, -0.15) is 0 Å². The van der Waals surface area contributed by atoms with Gasteiger partial charge in [0.25, 0.3) is 0 Å². The molecule has 3 rings (SSSR count). The van der Waals surface area contributed by atoms with Crippen LogP contribution in [0.1, 0.15) is 18.2 Å². The fourth-order valence-electron chi connectivity index (χ4n) is 2.63. The normalized spacial score (nSPS) is 11.0. The van der Waals surface area contributed by atoms with Crippen LogP contribution in [0, 0.1) is 12.7 Å². The minimum absolute atomic E-state index is 0.250. The van der Waals surface area contributed by atoms with E-state index in [0.29, 0.717) is 12.4 Å². The standard InChI is InChI=1S/C18H18FNO/c1-3-20-16(11-14-10-13(2)4-9-18(14)20)12-21-17-7-5-15(19)6-8-17/h4-11H,3,12H2,1-2H3. The van der Waals surface area contributed by atoms with Crippen LogP contribution in [0.2, 0.25) is 0 Å². The number of halogens is 1. The predicted octanol–water partition coefficient (Wildman–Crippen LogP) is 4.69. The van der Waals surface area contributed by atoms with E-state index in [1.807, 2.05) is 0 Å². The molecule has 1 aromatic heterocycles. The van der Waals surface area contributed by atoms with Crippen LogP contribution in [0.15, 0.2) is 48.5 Å². The van der Waals surface area contributed by atoms with E-state index in [-0.39, 0.29) is 5.82 Å². The summed E-state index contributed by atoms with van der Waals surface area (Å²) in [6.45, 7) is 5.60. The van der Waals surface area contributed by atoms with Crippen molar-refractivity contribution >= 4 is 10.9 Å². The van der Waals surface area contributed by atoms with Crippen molar-refractivity contribution in [2.75, 3.05) is 0 Å². The van der Waals surface area contributed by atoms with E-state index in [9.17, 15) is 4.39 Å². The number of benzene rings is 2. The van der Waals surface area contributed by atoms with Gasteiger partial charge in [-0.25, -0.2) is 4.39 Å². The third-order valence-electron chi connectivity index (χ3n) is 3.66. The Labute approximate surface area is 123 Å². The minimum atomic E-state index is -0.250. The van der Waals surface area contributed by atoms with Gasteiger partial charge in [-0.15, -0.1) is 0 Å². The van der Waals surface area contributed by atoms with Crippen molar-refractivity contribution in [1.82, 2.24) is 4.57 Å². The van der Waals surface area contributed by atoms with Crippen molar-refractivity contribution in [3.05, 3.63) is 65.6 Å². The highest BCUT2D eigenvalue weighted by atomic mass is 19.1. The molecule has 0 unspecified atom stereocenters. The Morgan fingerprint density at radius 3 is 2.52 bits per heavy atom. The van der Waals surface area contributed by atoms with E-state index in [0.717, 1.165) is 12.2 Å². The fraction of sp³-hybridized carbons (Fsp3) is 0.222. The quantitative estimate of drug-likeness (QED) is 0.677. The molecule has 0 bridgehead atoms. The molecule has 0 amide bonds. The van der Waals surface area contributed by atoms with Crippen LogP contribution in [0.5, 0.6) is 5.75 Å². The molecular weight excluding hydrogens is 265 g/mol. The highest BCUT2D eigenvalue weighted by molar-refractivity contribution is 5.82. The summed E-state index contributed by atoms with van der Waals surface area (Å²) < 4.78 is 20.9. The Morgan fingerprint density at radius 2 is 1.81 bits per heavy atom. The Hall–Kier alpha value is -2.29. The van der Waals surface area contributed by atoms with E-state index in [1.165, 1.54) is 28.6 Å². The zero-order valence-electron chi connectivity index (χ0n) is 12.3. The first-order chi connectivity index (χ1) is 10.2. The molecule has 3 heteroatoms. The summed E-state index contributed by atoms with van der Waals surface area (Å²) in [4.78, 5) is 0. The number of ether oxygens (including phenoxy) is 1. The summed E-state index contributed by atoms with van der Waals surface area (Å²) in [5.41, 5.74) is 3.60. The lowest BCUT2D eigenvalue weighted by Gasteiger charge is -2.10. The van der Waals surface area contributed by atoms with Gasteiger partial charge in [0.05, 0.1) is 5.69 Å². The van der Waals surface area contributed by atoms with E-state index in [2.05, 4.69) is 42.7 Å². The molecule has 2 aromatic carbocycles. The van der Waals surface area contributed by atoms with Gasteiger partial charge in [0.2, 0.25) is 0 Å². The SMILES string of the molecule is CCn1c(COc2ccc(F)cc2)cc2cc(C)ccc21. The number of aromatic nitrogens is 1. The summed E-state index contributed by atoms with van der Waals surface area (Å²) in [7, 11) is 0. The first kappa shape index (κ1) is 13.7. The fourth-order valence-corrected chi connectivity index (χ4v) is 2.63. The van der Waals surface area contributed by atoms with Gasteiger partial charge in [0.15, 0.2) is 0 Å². The van der Waals surface area contributed by atoms with Gasteiger partial charge in [0, 0.05) is 17.4 Å². The smallest absolute Gasteiger partial charge is 0.128 e. The highest BCUT2D eigenvalue weighted by Gasteiger charge is 2.08. The molecule has 21 heavy (non-hydrogen) atoms. The van der Waals surface area contributed by atoms with E-state index >= 15 is 0 Å². The maximum absolute atomic E-state index is 12.9. The third kappa shape index (κ3) is 2.77. The molecule has 0 aliphatic carbocycles. The first-order valence-electron chi connectivity index (χ1n) is 7.14. The molecule has 0 spiro atoms. The lowest BCUT2D eigenvalue weighted by Crippen LogP contribution is -2.04. The van der Waals surface area contributed by atoms with Crippen molar-refractivity contribution in [2.45, 2.75) is 27.0 Å². The van der Waals surface area contributed by atoms with Crippen molar-refractivity contribution < 1.29 is 9.13 Å². The second kappa shape index (κ2) is 5.60. The van der Waals surface area contributed by atoms with Gasteiger partial charge < -0.3 is 9.30 Å². The number of aryl methyl sites for hydroxylation is 2. The largest absolute Gasteiger partial charge is 0.487 e. The zero-order chi connectivity index (χ0) is 14.8. The Morgan fingerprint density at radius 1 is 1.05 bits per heavy atom. The van der Waals surface area contributed by atoms with Crippen LogP contribution in [-0.2, 0) is 13.2 Å². The van der Waals surface area contributed by atoms with Crippen LogP contribution in [-0.4, -0.2) is 4.57 Å². The Kier molecular flexibility index (Phi) is 3.65. The molecule has 0 saturated carbocycles. The molecule has 3 aromatic rings. The summed E-state index contributed by atoms with van der Waals surface area (Å²) in [6.07, 6.45) is 0. The second-order valence-electron chi connectivity index (χ2n) is 5.18. The first-order valence-corrected chi connectivity index (χ1v) is 7.14. The van der Waals surface area contributed by atoms with Crippen molar-refractivity contribution in [3.63, 3.8) is 0 Å². The number of hydrogen-bond donors (Lipinski definition) is 0. The van der Waals surface area contributed by atoms with Crippen molar-refractivity contribution in [2.24, 2.45) is 0 Å². The summed E-state index contributed by atoms with van der Waals surface area (Å²) in [5.74, 6) is 0.431. The highest BCUT2D eigenvalue weighted by Crippen LogP contribution is 2.23. The maximum atomic E-state index is 12.9. The van der Waals surface area contributed by atoms with E-state index < -0.39 is 0 Å². The molecule has 0 aliphatic rings. The monoisotopic (exact) mass is 283 g/mol. The Bertz CT molecular complexity index is 759. The number of rotatable bonds is 4. The molecule has 108 valence electrons. The number of fused-ring (bicyclic) bond motifs is 1. The lowest BCUT2D eigenvalue weighted by molar-refractivity contribution is 0.295. The van der Waals surface area contributed by atoms with Gasteiger partial charge >= 0.3 is 0 Å². The molecule has 0 atom stereocenters. The average molecular weight is 283 g/mol. The second-order valence-corrected chi connectivity index (χ2v) is 5.18. The van der Waals surface area contributed by atoms with Crippen LogP contribution in [0.4, 0.5) is 4.39 Å². The van der Waals surface area contributed by atoms with Gasteiger partial charge in [-0.05, 0) is 56.3 Å². The molecule has 2 nitrogen and oxygen atoms in total. The lowest BCUT2D eigenvalue weighted by atomic mass is 10.2. The number of hydrogen-bond acceptors (Lipinski definition) is 1. The van der Waals surface area contributed by atoms with Gasteiger partial charge in [-0.3, -0.25) is 0 Å². The molecule has 0 radical (unpaired) electrons. The Balaban J connectivity index is 1.87. The third-order valence-corrected chi connectivity index (χ3v) is 3.66. The summed E-state index contributed by atoms with van der Waals surface area (Å²) in [5, 5.41) is 1.23. The minimum Gasteiger partial charge on any atom is -0.487 e. The summed E-state index contributed by atoms with van der Waals surface area (Å²) in [6, 6.07) is 14.7. The van der Waals surface area contributed by atoms with E-state index in [1.54, 1.807) is 12.1 Å². The van der Waals surface area contributed by atoms with Crippen LogP contribution in [0.3, 0.4) is 0 Å². The van der Waals surface area contributed by atoms with Crippen LogP contribution in [0.25, 0.3) is 10.9 Å². The average Bonchev–Trinajstić information content (AvgIpc) is 2.83.